The van der Waals surface area contributed by atoms with Crippen molar-refractivity contribution in [2.24, 2.45) is 4.99 Å². The van der Waals surface area contributed by atoms with Crippen LogP contribution >= 0.6 is 11.3 Å². The summed E-state index contributed by atoms with van der Waals surface area (Å²) in [6.45, 7) is 8.16. The lowest BCUT2D eigenvalue weighted by Gasteiger charge is -2.34. The fourth-order valence-corrected chi connectivity index (χ4v) is 5.00. The number of hydrogen-bond donors (Lipinski definition) is 2. The summed E-state index contributed by atoms with van der Waals surface area (Å²) < 4.78 is 5.88. The van der Waals surface area contributed by atoms with Crippen molar-refractivity contribution in [1.82, 2.24) is 15.0 Å². The highest BCUT2D eigenvalue weighted by molar-refractivity contribution is 7.17. The first-order valence-electron chi connectivity index (χ1n) is 11.6. The zero-order chi connectivity index (χ0) is 25.4. The molecule has 4 heterocycles. The van der Waals surface area contributed by atoms with Gasteiger partial charge in [0.15, 0.2) is 5.78 Å². The van der Waals surface area contributed by atoms with Crippen molar-refractivity contribution in [3.05, 3.63) is 40.8 Å². The number of hydrogen-bond acceptors (Lipinski definition) is 11. The highest BCUT2D eigenvalue weighted by Gasteiger charge is 2.31. The first-order valence-corrected chi connectivity index (χ1v) is 12.4. The summed E-state index contributed by atoms with van der Waals surface area (Å²) in [5.41, 5.74) is 7.73. The molecule has 2 aliphatic rings. The van der Waals surface area contributed by atoms with E-state index in [0.717, 1.165) is 21.6 Å². The molecule has 5 rings (SSSR count). The van der Waals surface area contributed by atoms with Gasteiger partial charge >= 0.3 is 6.09 Å². The van der Waals surface area contributed by atoms with Crippen molar-refractivity contribution in [2.75, 3.05) is 48.7 Å². The molecule has 11 nitrogen and oxygen atoms in total. The van der Waals surface area contributed by atoms with E-state index >= 15 is 0 Å². The summed E-state index contributed by atoms with van der Waals surface area (Å²) in [5, 5.41) is 7.14. The number of amides is 1. The van der Waals surface area contributed by atoms with Crippen molar-refractivity contribution in [2.45, 2.75) is 26.3 Å². The Bertz CT molecular complexity index is 1340. The van der Waals surface area contributed by atoms with Gasteiger partial charge in [-0.1, -0.05) is 0 Å². The number of ketones is 1. The summed E-state index contributed by atoms with van der Waals surface area (Å²) in [4.78, 5) is 45.8. The predicted molar refractivity (Wildman–Crippen MR) is 139 cm³/mol. The van der Waals surface area contributed by atoms with E-state index in [9.17, 15) is 9.59 Å². The van der Waals surface area contributed by atoms with E-state index in [-0.39, 0.29) is 17.3 Å². The quantitative estimate of drug-likeness (QED) is 0.497. The fraction of sp³-hybridized carbons (Fsp3) is 0.375. The van der Waals surface area contributed by atoms with Gasteiger partial charge in [0.05, 0.1) is 29.6 Å². The number of benzene rings is 1. The van der Waals surface area contributed by atoms with E-state index in [1.807, 2.05) is 19.2 Å². The van der Waals surface area contributed by atoms with E-state index in [4.69, 9.17) is 20.3 Å². The molecule has 1 aromatic carbocycles. The van der Waals surface area contributed by atoms with E-state index < -0.39 is 6.09 Å². The Morgan fingerprint density at radius 2 is 1.86 bits per heavy atom. The molecular formula is C24H27N7O4S. The van der Waals surface area contributed by atoms with Gasteiger partial charge < -0.3 is 20.2 Å². The summed E-state index contributed by atoms with van der Waals surface area (Å²) in [5.74, 6) is 1.48. The van der Waals surface area contributed by atoms with Gasteiger partial charge in [0.25, 0.3) is 0 Å². The topological polar surface area (TPSA) is 135 Å². The molecule has 0 radical (unpaired) electrons. The number of fused-ring (bicyclic) bond motifs is 1. The second-order valence-electron chi connectivity index (χ2n) is 9.31. The number of nitrogens with zero attached hydrogens (tertiary/aromatic N) is 5. The van der Waals surface area contributed by atoms with Crippen molar-refractivity contribution in [3.8, 4) is 0 Å². The van der Waals surface area contributed by atoms with E-state index in [1.165, 1.54) is 18.3 Å². The predicted octanol–water partition coefficient (Wildman–Crippen LogP) is 3.32. The molecule has 0 unspecified atom stereocenters. The highest BCUT2D eigenvalue weighted by Crippen LogP contribution is 2.35. The first kappa shape index (κ1) is 23.9. The third kappa shape index (κ3) is 4.95. The van der Waals surface area contributed by atoms with Crippen LogP contribution in [0.4, 0.5) is 22.2 Å². The zero-order valence-corrected chi connectivity index (χ0v) is 21.1. The molecule has 3 N–H and O–H groups in total. The summed E-state index contributed by atoms with van der Waals surface area (Å²) in [7, 11) is 0. The van der Waals surface area contributed by atoms with Crippen LogP contribution in [0.25, 0.3) is 10.2 Å². The summed E-state index contributed by atoms with van der Waals surface area (Å²) >= 11 is 1.48. The maximum absolute atomic E-state index is 12.4. The average Bonchev–Trinajstić information content (AvgIpc) is 3.41. The summed E-state index contributed by atoms with van der Waals surface area (Å²) in [6, 6.07) is 6.65. The normalized spacial score (nSPS) is 17.5. The lowest BCUT2D eigenvalue weighted by Crippen LogP contribution is -2.47. The van der Waals surface area contributed by atoms with Crippen LogP contribution in [0.2, 0.25) is 0 Å². The molecule has 2 aliphatic heterocycles. The highest BCUT2D eigenvalue weighted by atomic mass is 32.1. The number of nitrogen functional groups attached to an aromatic ring is 1. The average molecular weight is 510 g/mol. The minimum Gasteiger partial charge on any atom is -0.475 e. The number of carbonyl (C=O) groups is 2. The smallest absolute Gasteiger partial charge is 0.430 e. The molecule has 2 aromatic heterocycles. The van der Waals surface area contributed by atoms with E-state index in [0.29, 0.717) is 49.9 Å². The number of piperazine rings is 1. The molecule has 0 spiro atoms. The van der Waals surface area contributed by atoms with Gasteiger partial charge in [0.2, 0.25) is 11.8 Å². The maximum atomic E-state index is 12.4. The zero-order valence-electron chi connectivity index (χ0n) is 20.3. The molecule has 0 atom stereocenters. The van der Waals surface area contributed by atoms with Crippen LogP contribution in [0.15, 0.2) is 34.6 Å². The third-order valence-corrected chi connectivity index (χ3v) is 6.79. The van der Waals surface area contributed by atoms with Crippen molar-refractivity contribution in [1.29, 1.82) is 0 Å². The molecule has 36 heavy (non-hydrogen) atoms. The van der Waals surface area contributed by atoms with Crippen LogP contribution in [0.5, 0.6) is 0 Å². The molecule has 12 heteroatoms. The number of rotatable bonds is 5. The largest absolute Gasteiger partial charge is 0.475 e. The molecular weight excluding hydrogens is 482 g/mol. The number of thiophene rings is 1. The Balaban J connectivity index is 1.26. The van der Waals surface area contributed by atoms with E-state index in [2.05, 4.69) is 20.2 Å². The SMILES string of the molecule is CC(=O)c1ccc(NC(=O)ON2CCN(c3nc(N)nc4scc(C5=NC(C)(C)CO5)c34)CC2)cc1. The number of aliphatic imine (C=N–C) groups is 1. The maximum Gasteiger partial charge on any atom is 0.430 e. The monoisotopic (exact) mass is 509 g/mol. The van der Waals surface area contributed by atoms with Gasteiger partial charge in [-0.15, -0.1) is 16.4 Å². The molecule has 188 valence electrons. The number of hydroxylamine groups is 2. The van der Waals surface area contributed by atoms with Gasteiger partial charge in [0.1, 0.15) is 17.3 Å². The van der Waals surface area contributed by atoms with Crippen LogP contribution in [0, 0.1) is 0 Å². The fourth-order valence-electron chi connectivity index (χ4n) is 4.09. The number of anilines is 3. The van der Waals surface area contributed by atoms with Crippen molar-refractivity contribution >= 4 is 56.8 Å². The Morgan fingerprint density at radius 3 is 2.50 bits per heavy atom. The van der Waals surface area contributed by atoms with Gasteiger partial charge in [0, 0.05) is 29.7 Å². The minimum atomic E-state index is -0.591. The van der Waals surface area contributed by atoms with Crippen molar-refractivity contribution < 1.29 is 19.2 Å². The number of nitrogens with two attached hydrogens (primary N) is 1. The first-order chi connectivity index (χ1) is 17.2. The number of ether oxygens (including phenoxy) is 1. The second-order valence-corrected chi connectivity index (χ2v) is 10.2. The third-order valence-electron chi connectivity index (χ3n) is 5.92. The molecule has 0 aliphatic carbocycles. The van der Waals surface area contributed by atoms with Gasteiger partial charge in [-0.25, -0.2) is 14.8 Å². The number of aromatic nitrogens is 2. The minimum absolute atomic E-state index is 0.0353. The number of carbonyl (C=O) groups excluding carboxylic acids is 2. The lowest BCUT2D eigenvalue weighted by molar-refractivity contribution is -0.0966. The molecule has 1 amide bonds. The van der Waals surface area contributed by atoms with Crippen LogP contribution in [-0.2, 0) is 9.57 Å². The molecule has 0 saturated carbocycles. The Morgan fingerprint density at radius 1 is 1.14 bits per heavy atom. The molecule has 0 bridgehead atoms. The van der Waals surface area contributed by atoms with E-state index in [1.54, 1.807) is 29.3 Å². The van der Waals surface area contributed by atoms with Crippen LogP contribution in [-0.4, -0.2) is 71.1 Å². The Labute approximate surface area is 211 Å². The standard InChI is InChI=1S/C24H27N7O4S/c1-14(32)15-4-6-16(7-5-15)26-23(33)35-31-10-8-30(9-11-31)19-18-17(20-29-24(2,3)13-34-20)12-36-21(18)28-22(25)27-19/h4-7,12H,8-11,13H2,1-3H3,(H,26,33)(H2,25,27,28). The number of nitrogens with one attached hydrogen (secondary N) is 1. The molecule has 1 saturated heterocycles. The van der Waals surface area contributed by atoms with Crippen LogP contribution in [0.3, 0.4) is 0 Å². The lowest BCUT2D eigenvalue weighted by atomic mass is 10.1. The number of Topliss-reactive ketones (excluding diaryl/α,β-unsaturated/α-hetero) is 1. The Hall–Kier alpha value is -3.77. The van der Waals surface area contributed by atoms with Crippen LogP contribution < -0.4 is 16.0 Å². The molecule has 3 aromatic rings. The summed E-state index contributed by atoms with van der Waals surface area (Å²) in [6.07, 6.45) is -0.591. The second kappa shape index (κ2) is 9.36. The van der Waals surface area contributed by atoms with Crippen molar-refractivity contribution in [3.63, 3.8) is 0 Å². The van der Waals surface area contributed by atoms with Gasteiger partial charge in [-0.05, 0) is 45.0 Å². The van der Waals surface area contributed by atoms with Gasteiger partial charge in [-0.3, -0.25) is 10.1 Å². The van der Waals surface area contributed by atoms with Gasteiger partial charge in [-0.2, -0.15) is 4.98 Å². The molecule has 1 fully saturated rings. The van der Waals surface area contributed by atoms with Crippen LogP contribution in [0.1, 0.15) is 36.7 Å². The Kier molecular flexibility index (Phi) is 6.22.